The minimum Gasteiger partial charge on any atom is -0.423 e. The molecule has 0 saturated heterocycles. The highest BCUT2D eigenvalue weighted by molar-refractivity contribution is 5.75. The number of nitrogens with zero attached hydrogens (tertiary/aromatic N) is 2. The fraction of sp³-hybridized carbons (Fsp3) is 0.824. The highest BCUT2D eigenvalue weighted by Crippen LogP contribution is 2.52. The maximum absolute atomic E-state index is 13.6. The Labute approximate surface area is 355 Å². The standard InChI is InChI=1S/C21H35N.C15H18F2O2.C15H25N.6H2/c1-16-3-7-18(8-4-16)19-11-13-21(15-22,14-12-19)20-9-5-17(2)6-10-20;1-9-3-6-11(7-4-9)15(18)19-12-8-5-10(2)13(16)14(12)17;1-12-3-5-13(6-4-12)14-7-9-15(2,11-16)10-8-14;;;;;;/h16-20H,3-14H2,1-2H3;5,8-9,11H,3-4,6-7H2,1-2H3;12-14H,3-10H2,1-2H3;6*1H. The van der Waals surface area contributed by atoms with Crippen LogP contribution in [0.2, 0.25) is 0 Å². The molecular weight excluding hydrogens is 711 g/mol. The molecule has 6 aliphatic carbocycles. The monoisotopic (exact) mass is 801 g/mol. The predicted molar refractivity (Wildman–Crippen MR) is 240 cm³/mol. The fourth-order valence-corrected chi connectivity index (χ4v) is 11.8. The molecule has 1 aromatic carbocycles. The van der Waals surface area contributed by atoms with Gasteiger partial charge in [0.05, 0.1) is 28.9 Å². The zero-order valence-corrected chi connectivity index (χ0v) is 36.9. The van der Waals surface area contributed by atoms with Crippen molar-refractivity contribution in [3.05, 3.63) is 29.3 Å². The van der Waals surface area contributed by atoms with Crippen molar-refractivity contribution in [3.8, 4) is 17.9 Å². The van der Waals surface area contributed by atoms with Gasteiger partial charge in [-0.3, -0.25) is 4.79 Å². The first-order chi connectivity index (χ1) is 27.2. The molecule has 57 heavy (non-hydrogen) atoms. The van der Waals surface area contributed by atoms with Crippen LogP contribution in [-0.2, 0) is 4.79 Å². The van der Waals surface area contributed by atoms with Crippen molar-refractivity contribution in [2.75, 3.05) is 0 Å². The van der Waals surface area contributed by atoms with Crippen molar-refractivity contribution in [2.45, 2.75) is 196 Å². The van der Waals surface area contributed by atoms with E-state index in [-0.39, 0.29) is 36.6 Å². The van der Waals surface area contributed by atoms with E-state index in [4.69, 9.17) is 10.00 Å². The Morgan fingerprint density at radius 1 is 0.596 bits per heavy atom. The van der Waals surface area contributed by atoms with Gasteiger partial charge in [0.25, 0.3) is 0 Å². The van der Waals surface area contributed by atoms with Crippen LogP contribution in [0.5, 0.6) is 5.75 Å². The maximum Gasteiger partial charge on any atom is 0.314 e. The van der Waals surface area contributed by atoms with Gasteiger partial charge in [0.15, 0.2) is 11.6 Å². The van der Waals surface area contributed by atoms with Crippen molar-refractivity contribution in [1.29, 1.82) is 10.5 Å². The Morgan fingerprint density at radius 3 is 1.44 bits per heavy atom. The first-order valence-corrected chi connectivity index (χ1v) is 23.7. The zero-order chi connectivity index (χ0) is 41.2. The van der Waals surface area contributed by atoms with Crippen LogP contribution in [0.3, 0.4) is 0 Å². The first-order valence-electron chi connectivity index (χ1n) is 23.7. The second-order valence-corrected chi connectivity index (χ2v) is 21.0. The molecular formula is C51H90F2N2O2. The van der Waals surface area contributed by atoms with Crippen molar-refractivity contribution in [2.24, 2.45) is 70.0 Å². The lowest BCUT2D eigenvalue weighted by atomic mass is 9.58. The molecule has 0 bridgehead atoms. The third kappa shape index (κ3) is 12.5. The molecule has 0 N–H and O–H groups in total. The summed E-state index contributed by atoms with van der Waals surface area (Å²) in [6.07, 6.45) is 30.5. The topological polar surface area (TPSA) is 73.9 Å². The first kappa shape index (κ1) is 45.6. The number of rotatable bonds is 5. The third-order valence-electron chi connectivity index (χ3n) is 16.6. The average molecular weight is 801 g/mol. The second kappa shape index (κ2) is 21.2. The molecule has 6 saturated carbocycles. The molecule has 6 aliphatic rings. The van der Waals surface area contributed by atoms with Crippen LogP contribution in [0.4, 0.5) is 8.78 Å². The lowest BCUT2D eigenvalue weighted by Gasteiger charge is -2.45. The number of aryl methyl sites for hydroxylation is 1. The van der Waals surface area contributed by atoms with E-state index in [9.17, 15) is 18.8 Å². The molecule has 0 radical (unpaired) electrons. The molecule has 6 fully saturated rings. The number of carbonyl (C=O) groups is 1. The van der Waals surface area contributed by atoms with Crippen molar-refractivity contribution in [1.82, 2.24) is 0 Å². The lowest BCUT2D eigenvalue weighted by molar-refractivity contribution is -0.140. The van der Waals surface area contributed by atoms with Crippen molar-refractivity contribution in [3.63, 3.8) is 0 Å². The molecule has 7 rings (SSSR count). The summed E-state index contributed by atoms with van der Waals surface area (Å²) in [4.78, 5) is 11.9. The van der Waals surface area contributed by atoms with Crippen LogP contribution >= 0.6 is 0 Å². The Morgan fingerprint density at radius 2 is 1.00 bits per heavy atom. The van der Waals surface area contributed by atoms with E-state index >= 15 is 0 Å². The second-order valence-electron chi connectivity index (χ2n) is 21.0. The molecule has 0 aromatic heterocycles. The smallest absolute Gasteiger partial charge is 0.314 e. The van der Waals surface area contributed by atoms with Gasteiger partial charge in [-0.2, -0.15) is 14.9 Å². The predicted octanol–water partition coefficient (Wildman–Crippen LogP) is 16.4. The Balaban J connectivity index is 0. The molecule has 4 nitrogen and oxygen atoms in total. The average Bonchev–Trinajstić information content (AvgIpc) is 3.23. The van der Waals surface area contributed by atoms with Crippen LogP contribution in [0, 0.1) is 111 Å². The number of ether oxygens (including phenoxy) is 1. The molecule has 0 heterocycles. The van der Waals surface area contributed by atoms with E-state index in [0.717, 1.165) is 80.0 Å². The van der Waals surface area contributed by atoms with Crippen molar-refractivity contribution >= 4 is 5.97 Å². The summed E-state index contributed by atoms with van der Waals surface area (Å²) < 4.78 is 32.0. The Hall–Kier alpha value is -2.47. The lowest BCUT2D eigenvalue weighted by Crippen LogP contribution is -2.37. The molecule has 330 valence electrons. The van der Waals surface area contributed by atoms with E-state index in [1.807, 2.05) is 0 Å². The van der Waals surface area contributed by atoms with Crippen LogP contribution in [0.15, 0.2) is 12.1 Å². The van der Waals surface area contributed by atoms with Gasteiger partial charge in [-0.25, -0.2) is 4.39 Å². The number of esters is 1. The van der Waals surface area contributed by atoms with E-state index in [2.05, 4.69) is 46.8 Å². The number of halogens is 2. The fourth-order valence-electron chi connectivity index (χ4n) is 11.8. The molecule has 6 heteroatoms. The molecule has 0 atom stereocenters. The van der Waals surface area contributed by atoms with E-state index in [1.54, 1.807) is 0 Å². The molecule has 0 amide bonds. The van der Waals surface area contributed by atoms with Crippen LogP contribution in [0.25, 0.3) is 0 Å². The van der Waals surface area contributed by atoms with Crippen LogP contribution < -0.4 is 4.74 Å². The summed E-state index contributed by atoms with van der Waals surface area (Å²) in [6, 6.07) is 8.05. The van der Waals surface area contributed by atoms with Crippen LogP contribution in [0.1, 0.15) is 203 Å². The number of carbonyl (C=O) groups excluding carboxylic acids is 1. The summed E-state index contributed by atoms with van der Waals surface area (Å²) in [5.74, 6) is 5.00. The quantitative estimate of drug-likeness (QED) is 0.220. The number of hydrogen-bond acceptors (Lipinski definition) is 4. The van der Waals surface area contributed by atoms with Gasteiger partial charge >= 0.3 is 5.97 Å². The minimum atomic E-state index is -1.09. The highest BCUT2D eigenvalue weighted by Gasteiger charge is 2.44. The molecule has 0 unspecified atom stereocenters. The number of nitriles is 2. The third-order valence-corrected chi connectivity index (χ3v) is 16.6. The Kier molecular flexibility index (Phi) is 16.9. The molecule has 0 aliphatic heterocycles. The van der Waals surface area contributed by atoms with Gasteiger partial charge in [0.1, 0.15) is 0 Å². The number of benzene rings is 1. The van der Waals surface area contributed by atoms with Gasteiger partial charge in [-0.15, -0.1) is 0 Å². The summed E-state index contributed by atoms with van der Waals surface area (Å²) >= 11 is 0. The SMILES string of the molecule is CC1CCC(C2CCC(C#N)(C3CCC(C)CC3)CC2)CC1.CC1CCC(C2CCC(C)(C#N)CC2)CC1.Cc1ccc(OC(=O)C2CCC(C)CC2)c(F)c1F.[HH].[HH].[HH].[HH].[HH].[HH]. The summed E-state index contributed by atoms with van der Waals surface area (Å²) in [5, 5.41) is 19.1. The molecule has 1 aromatic rings. The summed E-state index contributed by atoms with van der Waals surface area (Å²) in [7, 11) is 0. The van der Waals surface area contributed by atoms with E-state index in [1.165, 1.54) is 135 Å². The van der Waals surface area contributed by atoms with Gasteiger partial charge in [-0.1, -0.05) is 72.3 Å². The summed E-state index contributed by atoms with van der Waals surface area (Å²) in [5.41, 5.74) is 0.251. The minimum absolute atomic E-state index is 0. The normalized spacial score (nSPS) is 38.4. The van der Waals surface area contributed by atoms with Gasteiger partial charge in [-0.05, 0) is 194 Å². The van der Waals surface area contributed by atoms with E-state index < -0.39 is 17.6 Å². The Bertz CT molecular complexity index is 1510. The van der Waals surface area contributed by atoms with Gasteiger partial charge in [0.2, 0.25) is 5.82 Å². The van der Waals surface area contributed by atoms with E-state index in [0.29, 0.717) is 11.8 Å². The van der Waals surface area contributed by atoms with Crippen LogP contribution in [-0.4, -0.2) is 5.97 Å². The largest absolute Gasteiger partial charge is 0.423 e. The maximum atomic E-state index is 13.6. The van der Waals surface area contributed by atoms with Gasteiger partial charge < -0.3 is 4.74 Å². The molecule has 0 spiro atoms. The highest BCUT2D eigenvalue weighted by atomic mass is 19.2. The number of hydrogen-bond donors (Lipinski definition) is 0. The summed E-state index contributed by atoms with van der Waals surface area (Å²) in [6.45, 7) is 13.0. The zero-order valence-electron chi connectivity index (χ0n) is 36.9. The van der Waals surface area contributed by atoms with Crippen molar-refractivity contribution < 1.29 is 26.9 Å². The van der Waals surface area contributed by atoms with Gasteiger partial charge in [0, 0.05) is 8.56 Å².